The third kappa shape index (κ3) is 5.89. The van der Waals surface area contributed by atoms with Crippen molar-refractivity contribution in [2.45, 2.75) is 105 Å². The summed E-state index contributed by atoms with van der Waals surface area (Å²) in [5, 5.41) is 0. The normalized spacial score (nSPS) is 33.9. The smallest absolute Gasteiger partial charge is 0.0823 e. The van der Waals surface area contributed by atoms with Crippen LogP contribution < -0.4 is 0 Å². The van der Waals surface area contributed by atoms with E-state index in [1.165, 1.54) is 95.0 Å². The van der Waals surface area contributed by atoms with Crippen LogP contribution in [0.1, 0.15) is 105 Å². The minimum absolute atomic E-state index is 0.996. The summed E-state index contributed by atoms with van der Waals surface area (Å²) in [7, 11) is 0. The van der Waals surface area contributed by atoms with Gasteiger partial charge in [-0.1, -0.05) is 66.7 Å². The molecule has 1 saturated heterocycles. The molecule has 1 heterocycles. The van der Waals surface area contributed by atoms with Gasteiger partial charge in [0.1, 0.15) is 0 Å². The predicted octanol–water partition coefficient (Wildman–Crippen LogP) is 7.23. The monoisotopic (exact) mass is 433 g/mol. The number of hydrogen-bond acceptors (Lipinski definition) is 1. The zero-order valence-corrected chi connectivity index (χ0v) is 22.1. The molecule has 1 aliphatic heterocycles. The Hall–Kier alpha value is -0.0800. The lowest BCUT2D eigenvalue weighted by Crippen LogP contribution is -2.53. The fourth-order valence-corrected chi connectivity index (χ4v) is 8.35. The SMILES string of the molecule is CCCCN(CCCC)CC1C(CC)C2CCC1C1C[N+](CCCC)(CCCC)CC21. The van der Waals surface area contributed by atoms with Gasteiger partial charge in [0.25, 0.3) is 0 Å². The van der Waals surface area contributed by atoms with E-state index in [1.807, 2.05) is 0 Å². The highest BCUT2D eigenvalue weighted by molar-refractivity contribution is 5.03. The number of likely N-dealkylation sites (tertiary alicyclic amines) is 1. The molecule has 31 heavy (non-hydrogen) atoms. The second kappa shape index (κ2) is 12.4. The average Bonchev–Trinajstić information content (AvgIpc) is 3.19. The minimum Gasteiger partial charge on any atom is -0.323 e. The van der Waals surface area contributed by atoms with E-state index in [4.69, 9.17) is 0 Å². The Bertz CT molecular complexity index is 487. The van der Waals surface area contributed by atoms with Gasteiger partial charge < -0.3 is 9.38 Å². The summed E-state index contributed by atoms with van der Waals surface area (Å²) in [6.45, 7) is 22.2. The van der Waals surface area contributed by atoms with Gasteiger partial charge in [0.2, 0.25) is 0 Å². The second-order valence-electron chi connectivity index (χ2n) is 11.8. The molecular formula is C29H57N2+. The van der Waals surface area contributed by atoms with Crippen LogP contribution in [0.15, 0.2) is 0 Å². The molecule has 182 valence electrons. The van der Waals surface area contributed by atoms with Crippen molar-refractivity contribution in [3.05, 3.63) is 0 Å². The molecule has 0 spiro atoms. The highest BCUT2D eigenvalue weighted by Gasteiger charge is 2.60. The fourth-order valence-electron chi connectivity index (χ4n) is 8.35. The zero-order chi connectivity index (χ0) is 22.3. The first-order valence-corrected chi connectivity index (χ1v) is 14.7. The van der Waals surface area contributed by atoms with E-state index in [9.17, 15) is 0 Å². The van der Waals surface area contributed by atoms with Gasteiger partial charge in [-0.05, 0) is 75.3 Å². The van der Waals surface area contributed by atoms with E-state index in [-0.39, 0.29) is 0 Å². The van der Waals surface area contributed by atoms with Gasteiger partial charge >= 0.3 is 0 Å². The first-order chi connectivity index (χ1) is 15.1. The molecule has 0 radical (unpaired) electrons. The van der Waals surface area contributed by atoms with Crippen molar-refractivity contribution in [3.8, 4) is 0 Å². The van der Waals surface area contributed by atoms with Crippen LogP contribution in [-0.2, 0) is 0 Å². The zero-order valence-electron chi connectivity index (χ0n) is 22.1. The van der Waals surface area contributed by atoms with E-state index in [1.54, 1.807) is 25.9 Å². The summed E-state index contributed by atoms with van der Waals surface area (Å²) in [6.07, 6.45) is 15.7. The number of hydrogen-bond donors (Lipinski definition) is 0. The molecular weight excluding hydrogens is 376 g/mol. The lowest BCUT2D eigenvalue weighted by molar-refractivity contribution is -0.920. The molecule has 0 N–H and O–H groups in total. The van der Waals surface area contributed by atoms with E-state index in [2.05, 4.69) is 39.5 Å². The Kier molecular flexibility index (Phi) is 10.2. The highest BCUT2D eigenvalue weighted by Crippen LogP contribution is 2.59. The van der Waals surface area contributed by atoms with Crippen molar-refractivity contribution in [2.75, 3.05) is 45.8 Å². The van der Waals surface area contributed by atoms with Crippen molar-refractivity contribution in [2.24, 2.45) is 35.5 Å². The molecule has 2 bridgehead atoms. The lowest BCUT2D eigenvalue weighted by atomic mass is 9.50. The van der Waals surface area contributed by atoms with Crippen LogP contribution in [0.3, 0.4) is 0 Å². The minimum atomic E-state index is 0.996. The number of fused-ring (bicyclic) bond motifs is 2. The van der Waals surface area contributed by atoms with Crippen LogP contribution in [0.5, 0.6) is 0 Å². The molecule has 4 aliphatic rings. The number of quaternary nitrogens is 1. The summed E-state index contributed by atoms with van der Waals surface area (Å²) >= 11 is 0. The molecule has 0 amide bonds. The number of rotatable bonds is 15. The number of nitrogens with zero attached hydrogens (tertiary/aromatic N) is 2. The van der Waals surface area contributed by atoms with E-state index >= 15 is 0 Å². The van der Waals surface area contributed by atoms with Gasteiger partial charge in [-0.3, -0.25) is 0 Å². The third-order valence-corrected chi connectivity index (χ3v) is 9.90. The first kappa shape index (κ1) is 25.5. The first-order valence-electron chi connectivity index (χ1n) is 14.7. The Morgan fingerprint density at radius 2 is 1.10 bits per heavy atom. The lowest BCUT2D eigenvalue weighted by Gasteiger charge is -2.54. The maximum Gasteiger partial charge on any atom is 0.0823 e. The van der Waals surface area contributed by atoms with E-state index < -0.39 is 0 Å². The Morgan fingerprint density at radius 3 is 1.55 bits per heavy atom. The fraction of sp³-hybridized carbons (Fsp3) is 1.00. The standard InChI is InChI=1S/C29H57N2/c1-6-11-17-30(18-12-7-2)21-27-24(10-5)25-15-16-26(27)29-23-31(19-13-8-3,20-14-9-4)22-28(25)29/h24-29H,6-23H2,1-5H3/q+1. The summed E-state index contributed by atoms with van der Waals surface area (Å²) in [6, 6.07) is 0. The molecule has 3 aliphatic carbocycles. The molecule has 2 nitrogen and oxygen atoms in total. The maximum absolute atomic E-state index is 2.90. The van der Waals surface area contributed by atoms with Crippen LogP contribution in [0.25, 0.3) is 0 Å². The predicted molar refractivity (Wildman–Crippen MR) is 136 cm³/mol. The van der Waals surface area contributed by atoms with Crippen LogP contribution in [0.2, 0.25) is 0 Å². The van der Waals surface area contributed by atoms with E-state index in [0.29, 0.717) is 0 Å². The average molecular weight is 434 g/mol. The summed E-state index contributed by atoms with van der Waals surface area (Å²) < 4.78 is 1.50. The van der Waals surface area contributed by atoms with Crippen LogP contribution in [0.4, 0.5) is 0 Å². The van der Waals surface area contributed by atoms with E-state index in [0.717, 1.165) is 35.5 Å². The van der Waals surface area contributed by atoms with Gasteiger partial charge in [-0.15, -0.1) is 0 Å². The molecule has 6 unspecified atom stereocenters. The Balaban J connectivity index is 1.76. The van der Waals surface area contributed by atoms with Crippen LogP contribution in [0, 0.1) is 35.5 Å². The van der Waals surface area contributed by atoms with Gasteiger partial charge in [0.05, 0.1) is 26.2 Å². The molecule has 4 fully saturated rings. The van der Waals surface area contributed by atoms with Crippen molar-refractivity contribution in [1.29, 1.82) is 0 Å². The highest BCUT2D eigenvalue weighted by atomic mass is 15.4. The van der Waals surface area contributed by atoms with Crippen LogP contribution >= 0.6 is 0 Å². The van der Waals surface area contributed by atoms with Crippen LogP contribution in [-0.4, -0.2) is 55.2 Å². The van der Waals surface area contributed by atoms with Crippen molar-refractivity contribution >= 4 is 0 Å². The topological polar surface area (TPSA) is 3.24 Å². The summed E-state index contributed by atoms with van der Waals surface area (Å²) in [4.78, 5) is 2.90. The second-order valence-corrected chi connectivity index (χ2v) is 11.8. The Labute approximate surface area is 196 Å². The number of unbranched alkanes of at least 4 members (excludes halogenated alkanes) is 4. The van der Waals surface area contributed by atoms with Crippen molar-refractivity contribution in [3.63, 3.8) is 0 Å². The molecule has 2 heteroatoms. The summed E-state index contributed by atoms with van der Waals surface area (Å²) in [5.41, 5.74) is 0. The third-order valence-electron chi connectivity index (χ3n) is 9.90. The van der Waals surface area contributed by atoms with Gasteiger partial charge in [-0.2, -0.15) is 0 Å². The van der Waals surface area contributed by atoms with Gasteiger partial charge in [0.15, 0.2) is 0 Å². The maximum atomic E-state index is 2.90. The van der Waals surface area contributed by atoms with Crippen molar-refractivity contribution in [1.82, 2.24) is 4.90 Å². The molecule has 4 rings (SSSR count). The van der Waals surface area contributed by atoms with Crippen molar-refractivity contribution < 1.29 is 4.48 Å². The molecule has 3 saturated carbocycles. The quantitative estimate of drug-likeness (QED) is 0.246. The molecule has 0 aromatic heterocycles. The molecule has 6 atom stereocenters. The van der Waals surface area contributed by atoms with Gasteiger partial charge in [0, 0.05) is 18.4 Å². The summed E-state index contributed by atoms with van der Waals surface area (Å²) in [5.74, 6) is 6.22. The molecule has 0 aromatic rings. The van der Waals surface area contributed by atoms with Gasteiger partial charge in [-0.25, -0.2) is 0 Å². The molecule has 0 aromatic carbocycles. The largest absolute Gasteiger partial charge is 0.323 e. The Morgan fingerprint density at radius 1 is 0.613 bits per heavy atom.